The molecule has 0 spiro atoms. The van der Waals surface area contributed by atoms with E-state index in [1.54, 1.807) is 0 Å². The SMILES string of the molecule is CCc1c(CCC(=O)O)ccc2c1OCCO2. The number of hydrogen-bond donors (Lipinski definition) is 1. The number of fused-ring (bicyclic) bond motifs is 1. The molecular formula is C13H16O4. The van der Waals surface area contributed by atoms with Gasteiger partial charge in [-0.05, 0) is 24.5 Å². The van der Waals surface area contributed by atoms with E-state index in [4.69, 9.17) is 14.6 Å². The van der Waals surface area contributed by atoms with Crippen LogP contribution in [0, 0.1) is 0 Å². The number of benzene rings is 1. The van der Waals surface area contributed by atoms with Gasteiger partial charge in [0.05, 0.1) is 0 Å². The fourth-order valence-corrected chi connectivity index (χ4v) is 2.08. The molecular weight excluding hydrogens is 220 g/mol. The van der Waals surface area contributed by atoms with Crippen molar-refractivity contribution in [2.45, 2.75) is 26.2 Å². The highest BCUT2D eigenvalue weighted by Crippen LogP contribution is 2.36. The lowest BCUT2D eigenvalue weighted by molar-refractivity contribution is -0.136. The van der Waals surface area contributed by atoms with Crippen molar-refractivity contribution in [2.24, 2.45) is 0 Å². The topological polar surface area (TPSA) is 55.8 Å². The Balaban J connectivity index is 2.29. The fourth-order valence-electron chi connectivity index (χ4n) is 2.08. The van der Waals surface area contributed by atoms with E-state index in [2.05, 4.69) is 0 Å². The van der Waals surface area contributed by atoms with Crippen LogP contribution in [0.5, 0.6) is 11.5 Å². The number of rotatable bonds is 4. The Labute approximate surface area is 100 Å². The van der Waals surface area contributed by atoms with E-state index in [1.165, 1.54) is 0 Å². The molecule has 1 heterocycles. The molecule has 0 atom stereocenters. The monoisotopic (exact) mass is 236 g/mol. The summed E-state index contributed by atoms with van der Waals surface area (Å²) in [5.74, 6) is 0.788. The molecule has 0 amide bonds. The number of ether oxygens (including phenoxy) is 2. The third-order valence-electron chi connectivity index (χ3n) is 2.87. The Morgan fingerprint density at radius 2 is 2.12 bits per heavy atom. The zero-order valence-electron chi connectivity index (χ0n) is 9.86. The number of carbonyl (C=O) groups is 1. The normalized spacial score (nSPS) is 13.5. The van der Waals surface area contributed by atoms with Gasteiger partial charge in [-0.2, -0.15) is 0 Å². The number of carboxylic acids is 1. The maximum Gasteiger partial charge on any atom is 0.303 e. The maximum absolute atomic E-state index is 10.6. The highest BCUT2D eigenvalue weighted by molar-refractivity contribution is 5.67. The first-order valence-corrected chi connectivity index (χ1v) is 5.84. The Hall–Kier alpha value is -1.71. The van der Waals surface area contributed by atoms with Crippen LogP contribution in [0.2, 0.25) is 0 Å². The molecule has 0 fully saturated rings. The average molecular weight is 236 g/mol. The molecule has 1 aliphatic rings. The molecule has 0 bridgehead atoms. The lowest BCUT2D eigenvalue weighted by atomic mass is 9.99. The van der Waals surface area contributed by atoms with Crippen molar-refractivity contribution in [1.82, 2.24) is 0 Å². The van der Waals surface area contributed by atoms with Crippen molar-refractivity contribution in [3.63, 3.8) is 0 Å². The molecule has 0 aromatic heterocycles. The van der Waals surface area contributed by atoms with Crippen molar-refractivity contribution >= 4 is 5.97 Å². The Morgan fingerprint density at radius 3 is 2.82 bits per heavy atom. The second-order valence-corrected chi connectivity index (χ2v) is 3.97. The van der Waals surface area contributed by atoms with Gasteiger partial charge in [0.25, 0.3) is 0 Å². The molecule has 17 heavy (non-hydrogen) atoms. The first-order valence-electron chi connectivity index (χ1n) is 5.84. The molecule has 1 aromatic rings. The van der Waals surface area contributed by atoms with Crippen LogP contribution >= 0.6 is 0 Å². The van der Waals surface area contributed by atoms with Crippen LogP contribution in [0.3, 0.4) is 0 Å². The molecule has 0 saturated heterocycles. The van der Waals surface area contributed by atoms with Crippen molar-refractivity contribution in [2.75, 3.05) is 13.2 Å². The van der Waals surface area contributed by atoms with Gasteiger partial charge in [-0.15, -0.1) is 0 Å². The van der Waals surface area contributed by atoms with Gasteiger partial charge in [-0.3, -0.25) is 4.79 Å². The molecule has 4 heteroatoms. The Bertz CT molecular complexity index is 426. The van der Waals surface area contributed by atoms with Gasteiger partial charge in [-0.25, -0.2) is 0 Å². The van der Waals surface area contributed by atoms with Crippen LogP contribution in [-0.2, 0) is 17.6 Å². The van der Waals surface area contributed by atoms with E-state index < -0.39 is 5.97 Å². The summed E-state index contributed by atoms with van der Waals surface area (Å²) in [5, 5.41) is 8.72. The van der Waals surface area contributed by atoms with Crippen molar-refractivity contribution in [3.05, 3.63) is 23.3 Å². The molecule has 92 valence electrons. The van der Waals surface area contributed by atoms with E-state index in [9.17, 15) is 4.79 Å². The predicted molar refractivity (Wildman–Crippen MR) is 62.8 cm³/mol. The minimum Gasteiger partial charge on any atom is -0.486 e. The lowest BCUT2D eigenvalue weighted by Crippen LogP contribution is -2.17. The smallest absolute Gasteiger partial charge is 0.303 e. The first kappa shape index (κ1) is 11.8. The average Bonchev–Trinajstić information content (AvgIpc) is 2.35. The number of aryl methyl sites for hydroxylation is 1. The van der Waals surface area contributed by atoms with Gasteiger partial charge in [0.15, 0.2) is 11.5 Å². The van der Waals surface area contributed by atoms with E-state index in [-0.39, 0.29) is 6.42 Å². The summed E-state index contributed by atoms with van der Waals surface area (Å²) in [6.07, 6.45) is 1.50. The minimum absolute atomic E-state index is 0.145. The largest absolute Gasteiger partial charge is 0.486 e. The van der Waals surface area contributed by atoms with Gasteiger partial charge < -0.3 is 14.6 Å². The van der Waals surface area contributed by atoms with E-state index in [0.29, 0.717) is 19.6 Å². The third-order valence-corrected chi connectivity index (χ3v) is 2.87. The van der Waals surface area contributed by atoms with E-state index >= 15 is 0 Å². The summed E-state index contributed by atoms with van der Waals surface area (Å²) in [4.78, 5) is 10.6. The summed E-state index contributed by atoms with van der Waals surface area (Å²) in [6.45, 7) is 3.17. The van der Waals surface area contributed by atoms with Gasteiger partial charge in [0.1, 0.15) is 13.2 Å². The standard InChI is InChI=1S/C13H16O4/c1-2-10-9(4-6-12(14)15)3-5-11-13(10)17-8-7-16-11/h3,5H,2,4,6-8H2,1H3,(H,14,15). The zero-order chi connectivity index (χ0) is 12.3. The number of aliphatic carboxylic acids is 1. The van der Waals surface area contributed by atoms with Gasteiger partial charge in [0.2, 0.25) is 0 Å². The van der Waals surface area contributed by atoms with Crippen LogP contribution in [0.25, 0.3) is 0 Å². The third kappa shape index (κ3) is 2.52. The molecule has 4 nitrogen and oxygen atoms in total. The van der Waals surface area contributed by atoms with Crippen molar-refractivity contribution in [3.8, 4) is 11.5 Å². The van der Waals surface area contributed by atoms with Crippen LogP contribution in [0.15, 0.2) is 12.1 Å². The predicted octanol–water partition coefficient (Wildman–Crippen LogP) is 2.04. The summed E-state index contributed by atoms with van der Waals surface area (Å²) >= 11 is 0. The molecule has 1 aliphatic heterocycles. The van der Waals surface area contributed by atoms with Gasteiger partial charge >= 0.3 is 5.97 Å². The molecule has 0 radical (unpaired) electrons. The summed E-state index contributed by atoms with van der Waals surface area (Å²) in [6, 6.07) is 3.81. The molecule has 0 aliphatic carbocycles. The quantitative estimate of drug-likeness (QED) is 0.869. The molecule has 0 saturated carbocycles. The molecule has 1 N–H and O–H groups in total. The Kier molecular flexibility index (Phi) is 3.52. The van der Waals surface area contributed by atoms with E-state index in [1.807, 2.05) is 19.1 Å². The number of carboxylic acid groups (broad SMARTS) is 1. The highest BCUT2D eigenvalue weighted by Gasteiger charge is 2.18. The van der Waals surface area contributed by atoms with Crippen LogP contribution in [-0.4, -0.2) is 24.3 Å². The van der Waals surface area contributed by atoms with Gasteiger partial charge in [-0.1, -0.05) is 13.0 Å². The number of hydrogen-bond acceptors (Lipinski definition) is 3. The first-order chi connectivity index (χ1) is 8.22. The fraction of sp³-hybridized carbons (Fsp3) is 0.462. The van der Waals surface area contributed by atoms with Crippen LogP contribution in [0.1, 0.15) is 24.5 Å². The minimum atomic E-state index is -0.776. The Morgan fingerprint density at radius 1 is 1.35 bits per heavy atom. The van der Waals surface area contributed by atoms with Crippen LogP contribution < -0.4 is 9.47 Å². The maximum atomic E-state index is 10.6. The summed E-state index contributed by atoms with van der Waals surface area (Å²) in [5.41, 5.74) is 2.11. The second kappa shape index (κ2) is 5.08. The zero-order valence-corrected chi connectivity index (χ0v) is 9.86. The molecule has 1 aromatic carbocycles. The molecule has 2 rings (SSSR count). The summed E-state index contributed by atoms with van der Waals surface area (Å²) < 4.78 is 11.1. The van der Waals surface area contributed by atoms with E-state index in [0.717, 1.165) is 29.0 Å². The van der Waals surface area contributed by atoms with Gasteiger partial charge in [0, 0.05) is 12.0 Å². The molecule has 0 unspecified atom stereocenters. The highest BCUT2D eigenvalue weighted by atomic mass is 16.6. The second-order valence-electron chi connectivity index (χ2n) is 3.97. The van der Waals surface area contributed by atoms with Crippen LogP contribution in [0.4, 0.5) is 0 Å². The van der Waals surface area contributed by atoms with Crippen molar-refractivity contribution < 1.29 is 19.4 Å². The lowest BCUT2D eigenvalue weighted by Gasteiger charge is -2.22. The summed E-state index contributed by atoms with van der Waals surface area (Å²) in [7, 11) is 0. The van der Waals surface area contributed by atoms with Crippen molar-refractivity contribution in [1.29, 1.82) is 0 Å².